The molecule has 1 aromatic heterocycles. The van der Waals surface area contributed by atoms with E-state index in [0.717, 1.165) is 0 Å². The SMILES string of the molecule is N#CCOc1cc(-c2nc(=S)nc(N)[nH]2)c(Cl)cc1Cl. The van der Waals surface area contributed by atoms with E-state index < -0.39 is 0 Å². The van der Waals surface area contributed by atoms with Gasteiger partial charge in [0.1, 0.15) is 17.6 Å². The minimum absolute atomic E-state index is 0.0850. The van der Waals surface area contributed by atoms with Crippen LogP contribution in [0.4, 0.5) is 5.95 Å². The van der Waals surface area contributed by atoms with Gasteiger partial charge in [-0.15, -0.1) is 0 Å². The number of nitrogens with two attached hydrogens (primary N) is 1. The molecule has 0 atom stereocenters. The number of nitrogens with zero attached hydrogens (tertiary/aromatic N) is 3. The molecule has 0 bridgehead atoms. The summed E-state index contributed by atoms with van der Waals surface area (Å²) in [6, 6.07) is 4.89. The molecule has 3 N–H and O–H groups in total. The molecule has 0 spiro atoms. The highest BCUT2D eigenvalue weighted by Gasteiger charge is 2.12. The summed E-state index contributed by atoms with van der Waals surface area (Å²) in [6.45, 7) is -0.136. The summed E-state index contributed by atoms with van der Waals surface area (Å²) in [5.41, 5.74) is 6.07. The minimum Gasteiger partial charge on any atom is -0.477 e. The maximum absolute atomic E-state index is 8.53. The second-order valence-electron chi connectivity index (χ2n) is 3.57. The van der Waals surface area contributed by atoms with Crippen LogP contribution in [0.5, 0.6) is 5.75 Å². The van der Waals surface area contributed by atoms with Gasteiger partial charge in [0.2, 0.25) is 10.7 Å². The molecule has 2 rings (SSSR count). The fourth-order valence-corrected chi connectivity index (χ4v) is 2.18. The van der Waals surface area contributed by atoms with Crippen molar-refractivity contribution in [1.29, 1.82) is 5.26 Å². The quantitative estimate of drug-likeness (QED) is 0.840. The summed E-state index contributed by atoms with van der Waals surface area (Å²) >= 11 is 17.0. The molecular weight excluding hydrogens is 321 g/mol. The number of nitriles is 1. The molecular formula is C11H7Cl2N5OS. The van der Waals surface area contributed by atoms with E-state index in [9.17, 15) is 0 Å². The van der Waals surface area contributed by atoms with Crippen LogP contribution in [0.25, 0.3) is 11.4 Å². The lowest BCUT2D eigenvalue weighted by Gasteiger charge is -2.09. The number of benzene rings is 1. The van der Waals surface area contributed by atoms with Gasteiger partial charge in [0.25, 0.3) is 0 Å². The van der Waals surface area contributed by atoms with Crippen LogP contribution >= 0.6 is 35.4 Å². The molecule has 0 saturated heterocycles. The Kier molecular flexibility index (Phi) is 4.39. The van der Waals surface area contributed by atoms with Gasteiger partial charge >= 0.3 is 0 Å². The number of anilines is 1. The number of nitrogens with one attached hydrogen (secondary N) is 1. The Morgan fingerprint density at radius 1 is 1.35 bits per heavy atom. The van der Waals surface area contributed by atoms with E-state index in [4.69, 9.17) is 51.2 Å². The predicted molar refractivity (Wildman–Crippen MR) is 78.2 cm³/mol. The highest BCUT2D eigenvalue weighted by Crippen LogP contribution is 2.35. The van der Waals surface area contributed by atoms with Crippen LogP contribution in [0.3, 0.4) is 0 Å². The first-order valence-electron chi connectivity index (χ1n) is 5.24. The Balaban J connectivity index is 2.56. The van der Waals surface area contributed by atoms with Gasteiger partial charge in [0.15, 0.2) is 6.61 Å². The zero-order chi connectivity index (χ0) is 14.7. The monoisotopic (exact) mass is 327 g/mol. The van der Waals surface area contributed by atoms with Crippen LogP contribution in [0.1, 0.15) is 0 Å². The number of aromatic nitrogens is 3. The molecule has 0 unspecified atom stereocenters. The van der Waals surface area contributed by atoms with E-state index in [1.54, 1.807) is 6.07 Å². The number of aromatic amines is 1. The van der Waals surface area contributed by atoms with Crippen LogP contribution in [-0.2, 0) is 0 Å². The number of hydrogen-bond acceptors (Lipinski definition) is 6. The molecule has 1 heterocycles. The minimum atomic E-state index is -0.136. The van der Waals surface area contributed by atoms with Gasteiger partial charge in [0.05, 0.1) is 10.0 Å². The molecule has 0 fully saturated rings. The number of halogens is 2. The number of hydrogen-bond donors (Lipinski definition) is 2. The fourth-order valence-electron chi connectivity index (χ4n) is 1.46. The Labute approximate surface area is 129 Å². The molecule has 0 amide bonds. The van der Waals surface area contributed by atoms with E-state index >= 15 is 0 Å². The maximum atomic E-state index is 8.53. The predicted octanol–water partition coefficient (Wildman–Crippen LogP) is 2.99. The molecule has 20 heavy (non-hydrogen) atoms. The Bertz CT molecular complexity index is 755. The number of ether oxygens (including phenoxy) is 1. The average molecular weight is 328 g/mol. The zero-order valence-electron chi connectivity index (χ0n) is 9.85. The molecule has 6 nitrogen and oxygen atoms in total. The summed E-state index contributed by atoms with van der Waals surface area (Å²) in [4.78, 5) is 10.5. The summed E-state index contributed by atoms with van der Waals surface area (Å²) in [7, 11) is 0. The summed E-state index contributed by atoms with van der Waals surface area (Å²) in [6.07, 6.45) is 0. The molecule has 0 saturated carbocycles. The fraction of sp³-hybridized carbons (Fsp3) is 0.0909. The molecule has 0 radical (unpaired) electrons. The second-order valence-corrected chi connectivity index (χ2v) is 4.75. The van der Waals surface area contributed by atoms with Crippen molar-refractivity contribution in [3.05, 3.63) is 26.9 Å². The first kappa shape index (κ1) is 14.5. The van der Waals surface area contributed by atoms with Crippen LogP contribution in [0.2, 0.25) is 10.0 Å². The number of rotatable bonds is 3. The van der Waals surface area contributed by atoms with Gasteiger partial charge in [-0.1, -0.05) is 23.2 Å². The molecule has 0 aliphatic heterocycles. The molecule has 0 aliphatic rings. The van der Waals surface area contributed by atoms with E-state index in [2.05, 4.69) is 15.0 Å². The summed E-state index contributed by atoms with van der Waals surface area (Å²) in [5, 5.41) is 9.15. The van der Waals surface area contributed by atoms with Gasteiger partial charge in [-0.2, -0.15) is 10.2 Å². The molecule has 0 aliphatic carbocycles. The highest BCUT2D eigenvalue weighted by atomic mass is 35.5. The first-order valence-corrected chi connectivity index (χ1v) is 6.40. The van der Waals surface area contributed by atoms with Crippen molar-refractivity contribution in [2.75, 3.05) is 12.3 Å². The summed E-state index contributed by atoms with van der Waals surface area (Å²) in [5.74, 6) is 0.764. The highest BCUT2D eigenvalue weighted by molar-refractivity contribution is 7.71. The second kappa shape index (κ2) is 6.05. The third-order valence-corrected chi connectivity index (χ3v) is 3.03. The maximum Gasteiger partial charge on any atom is 0.224 e. The van der Waals surface area contributed by atoms with Crippen molar-refractivity contribution in [3.63, 3.8) is 0 Å². The van der Waals surface area contributed by atoms with Crippen molar-refractivity contribution < 1.29 is 4.74 Å². The lowest BCUT2D eigenvalue weighted by atomic mass is 10.2. The van der Waals surface area contributed by atoms with Crippen molar-refractivity contribution >= 4 is 41.4 Å². The normalized spacial score (nSPS) is 10.1. The van der Waals surface area contributed by atoms with Gasteiger partial charge in [0, 0.05) is 5.56 Å². The van der Waals surface area contributed by atoms with E-state index in [0.29, 0.717) is 22.2 Å². The molecule has 1 aromatic carbocycles. The summed E-state index contributed by atoms with van der Waals surface area (Å²) < 4.78 is 5.28. The van der Waals surface area contributed by atoms with Gasteiger partial charge in [-0.05, 0) is 24.4 Å². The van der Waals surface area contributed by atoms with Gasteiger partial charge < -0.3 is 15.5 Å². The largest absolute Gasteiger partial charge is 0.477 e. The van der Waals surface area contributed by atoms with Crippen LogP contribution < -0.4 is 10.5 Å². The van der Waals surface area contributed by atoms with Crippen molar-refractivity contribution in [2.24, 2.45) is 0 Å². The number of H-pyrrole nitrogens is 1. The van der Waals surface area contributed by atoms with E-state index in [1.165, 1.54) is 6.07 Å². The zero-order valence-corrected chi connectivity index (χ0v) is 12.2. The Hall–Kier alpha value is -1.88. The third-order valence-electron chi connectivity index (χ3n) is 2.24. The van der Waals surface area contributed by atoms with Crippen LogP contribution in [-0.4, -0.2) is 21.6 Å². The number of nitrogen functional groups attached to an aromatic ring is 1. The Morgan fingerprint density at radius 2 is 2.10 bits per heavy atom. The van der Waals surface area contributed by atoms with E-state index in [-0.39, 0.29) is 22.3 Å². The van der Waals surface area contributed by atoms with Gasteiger partial charge in [-0.3, -0.25) is 0 Å². The molecule has 9 heteroatoms. The van der Waals surface area contributed by atoms with Crippen molar-refractivity contribution in [1.82, 2.24) is 15.0 Å². The van der Waals surface area contributed by atoms with Crippen LogP contribution in [0, 0.1) is 16.1 Å². The molecule has 2 aromatic rings. The first-order chi connectivity index (χ1) is 9.51. The standard InChI is InChI=1S/C11H7Cl2N5OS/c12-6-4-7(13)8(19-2-1-14)3-5(6)9-16-10(15)18-11(20)17-9/h3-4H,2H2,(H3,15,16,17,18,20). The molecule has 102 valence electrons. The van der Waals surface area contributed by atoms with E-state index in [1.807, 2.05) is 6.07 Å². The smallest absolute Gasteiger partial charge is 0.224 e. The Morgan fingerprint density at radius 3 is 2.75 bits per heavy atom. The van der Waals surface area contributed by atoms with Crippen molar-refractivity contribution in [3.8, 4) is 23.2 Å². The van der Waals surface area contributed by atoms with Gasteiger partial charge in [-0.25, -0.2) is 4.98 Å². The average Bonchev–Trinajstić information content (AvgIpc) is 2.36. The lowest BCUT2D eigenvalue weighted by molar-refractivity contribution is 0.368. The third kappa shape index (κ3) is 3.17. The van der Waals surface area contributed by atoms with Crippen molar-refractivity contribution in [2.45, 2.75) is 0 Å². The lowest BCUT2D eigenvalue weighted by Crippen LogP contribution is -2.01. The topological polar surface area (TPSA) is 101 Å². The van der Waals surface area contributed by atoms with Crippen LogP contribution in [0.15, 0.2) is 12.1 Å².